The molecule has 2 aromatic rings. The van der Waals surface area contributed by atoms with Gasteiger partial charge in [0.1, 0.15) is 11.3 Å². The second kappa shape index (κ2) is 5.76. The minimum Gasteiger partial charge on any atom is -0.477 e. The van der Waals surface area contributed by atoms with E-state index in [1.54, 1.807) is 32.0 Å². The first-order chi connectivity index (χ1) is 9.40. The summed E-state index contributed by atoms with van der Waals surface area (Å²) in [6.45, 7) is 3.36. The Morgan fingerprint density at radius 3 is 2.65 bits per heavy atom. The molecule has 0 unspecified atom stereocenters. The molecule has 0 spiro atoms. The van der Waals surface area contributed by atoms with E-state index in [9.17, 15) is 9.90 Å². The van der Waals surface area contributed by atoms with Gasteiger partial charge >= 0.3 is 5.97 Å². The molecule has 2 rings (SSSR count). The first-order valence-corrected chi connectivity index (χ1v) is 6.77. The zero-order chi connectivity index (χ0) is 14.9. The summed E-state index contributed by atoms with van der Waals surface area (Å²) >= 11 is 9.13. The largest absolute Gasteiger partial charge is 0.477 e. The van der Waals surface area contributed by atoms with Crippen LogP contribution in [0.3, 0.4) is 0 Å². The van der Waals surface area contributed by atoms with Crippen molar-refractivity contribution in [1.82, 2.24) is 10.2 Å². The van der Waals surface area contributed by atoms with Crippen molar-refractivity contribution < 1.29 is 14.6 Å². The topological polar surface area (TPSA) is 72.3 Å². The first-order valence-electron chi connectivity index (χ1n) is 5.60. The number of hydrogen-bond acceptors (Lipinski definition) is 4. The molecule has 1 N–H and O–H groups in total. The van der Waals surface area contributed by atoms with Crippen molar-refractivity contribution in [2.75, 3.05) is 0 Å². The Morgan fingerprint density at radius 1 is 1.35 bits per heavy atom. The van der Waals surface area contributed by atoms with E-state index in [0.717, 1.165) is 0 Å². The number of hydrogen-bond donors (Lipinski definition) is 1. The molecule has 0 saturated heterocycles. The van der Waals surface area contributed by atoms with Crippen LogP contribution in [0, 0.1) is 13.8 Å². The normalized spacial score (nSPS) is 10.4. The lowest BCUT2D eigenvalue weighted by Crippen LogP contribution is -2.08. The number of nitrogens with zero attached hydrogens (tertiary/aromatic N) is 2. The predicted molar refractivity (Wildman–Crippen MR) is 77.7 cm³/mol. The molecule has 0 amide bonds. The first kappa shape index (κ1) is 14.7. The highest BCUT2D eigenvalue weighted by Crippen LogP contribution is 2.33. The standard InChI is InChI=1S/C13H10BrClN2O3/c1-6-7(2)16-17-12(11(6)13(18)19)20-10-4-3-8(15)5-9(10)14/h3-5H,1-2H3,(H,18,19). The lowest BCUT2D eigenvalue weighted by atomic mass is 10.1. The van der Waals surface area contributed by atoms with Gasteiger partial charge in [0.25, 0.3) is 5.88 Å². The summed E-state index contributed by atoms with van der Waals surface area (Å²) < 4.78 is 6.13. The molecule has 0 aliphatic heterocycles. The van der Waals surface area contributed by atoms with E-state index in [2.05, 4.69) is 26.1 Å². The summed E-state index contributed by atoms with van der Waals surface area (Å²) in [5.41, 5.74) is 1.07. The monoisotopic (exact) mass is 356 g/mol. The van der Waals surface area contributed by atoms with E-state index in [4.69, 9.17) is 16.3 Å². The maximum atomic E-state index is 11.3. The van der Waals surface area contributed by atoms with Gasteiger partial charge in [0.05, 0.1) is 10.2 Å². The van der Waals surface area contributed by atoms with Crippen LogP contribution in [0.25, 0.3) is 0 Å². The van der Waals surface area contributed by atoms with Crippen LogP contribution in [0.1, 0.15) is 21.6 Å². The third-order valence-electron chi connectivity index (χ3n) is 2.74. The molecule has 1 aromatic carbocycles. The third kappa shape index (κ3) is 2.91. The smallest absolute Gasteiger partial charge is 0.341 e. The van der Waals surface area contributed by atoms with Crippen LogP contribution >= 0.6 is 27.5 Å². The van der Waals surface area contributed by atoms with Crippen molar-refractivity contribution >= 4 is 33.5 Å². The molecule has 0 fully saturated rings. The van der Waals surface area contributed by atoms with Crippen LogP contribution in [0.2, 0.25) is 5.02 Å². The second-order valence-corrected chi connectivity index (χ2v) is 5.36. The Balaban J connectivity index is 2.48. The van der Waals surface area contributed by atoms with Gasteiger partial charge in [0.2, 0.25) is 0 Å². The molecule has 0 atom stereocenters. The number of aryl methyl sites for hydroxylation is 1. The minimum atomic E-state index is -1.11. The van der Waals surface area contributed by atoms with E-state index in [-0.39, 0.29) is 11.4 Å². The van der Waals surface area contributed by atoms with Crippen LogP contribution in [-0.4, -0.2) is 21.3 Å². The van der Waals surface area contributed by atoms with Gasteiger partial charge in [-0.05, 0) is 53.5 Å². The molecular formula is C13H10BrClN2O3. The van der Waals surface area contributed by atoms with Gasteiger partial charge in [-0.1, -0.05) is 11.6 Å². The van der Waals surface area contributed by atoms with Crippen molar-refractivity contribution in [3.63, 3.8) is 0 Å². The number of ether oxygens (including phenoxy) is 1. The summed E-state index contributed by atoms with van der Waals surface area (Å²) in [4.78, 5) is 11.3. The average Bonchev–Trinajstić information content (AvgIpc) is 2.36. The maximum absolute atomic E-state index is 11.3. The average molecular weight is 358 g/mol. The Labute approximate surface area is 128 Å². The Hall–Kier alpha value is -1.66. The molecule has 20 heavy (non-hydrogen) atoms. The Morgan fingerprint density at radius 2 is 2.05 bits per heavy atom. The number of halogens is 2. The van der Waals surface area contributed by atoms with E-state index in [0.29, 0.717) is 26.5 Å². The van der Waals surface area contributed by atoms with Crippen LogP contribution < -0.4 is 4.74 Å². The van der Waals surface area contributed by atoms with Gasteiger partial charge in [-0.25, -0.2) is 4.79 Å². The summed E-state index contributed by atoms with van der Waals surface area (Å²) in [5, 5.41) is 17.5. The molecule has 0 saturated carbocycles. The summed E-state index contributed by atoms with van der Waals surface area (Å²) in [6, 6.07) is 4.90. The number of carbonyl (C=O) groups is 1. The summed E-state index contributed by atoms with van der Waals surface area (Å²) in [5.74, 6) is -0.751. The van der Waals surface area contributed by atoms with E-state index in [1.807, 2.05) is 0 Å². The lowest BCUT2D eigenvalue weighted by molar-refractivity contribution is 0.0692. The van der Waals surface area contributed by atoms with Crippen molar-refractivity contribution in [3.05, 3.63) is 44.5 Å². The molecule has 0 aliphatic rings. The van der Waals surface area contributed by atoms with Crippen LogP contribution in [0.4, 0.5) is 0 Å². The highest BCUT2D eigenvalue weighted by molar-refractivity contribution is 9.10. The van der Waals surface area contributed by atoms with E-state index < -0.39 is 5.97 Å². The van der Waals surface area contributed by atoms with Gasteiger partial charge in [-0.3, -0.25) is 0 Å². The van der Waals surface area contributed by atoms with Gasteiger partial charge in [-0.2, -0.15) is 5.10 Å². The van der Waals surface area contributed by atoms with Gasteiger partial charge in [0, 0.05) is 5.02 Å². The summed E-state index contributed by atoms with van der Waals surface area (Å²) in [7, 11) is 0. The highest BCUT2D eigenvalue weighted by atomic mass is 79.9. The van der Waals surface area contributed by atoms with Crippen LogP contribution in [0.5, 0.6) is 11.6 Å². The SMILES string of the molecule is Cc1nnc(Oc2ccc(Cl)cc2Br)c(C(=O)O)c1C. The van der Waals surface area contributed by atoms with Crippen molar-refractivity contribution in [2.45, 2.75) is 13.8 Å². The molecule has 7 heteroatoms. The fourth-order valence-electron chi connectivity index (χ4n) is 1.57. The molecule has 0 bridgehead atoms. The molecule has 0 aliphatic carbocycles. The number of aromatic carboxylic acids is 1. The van der Waals surface area contributed by atoms with Gasteiger partial charge in [0.15, 0.2) is 0 Å². The van der Waals surface area contributed by atoms with Gasteiger partial charge in [-0.15, -0.1) is 5.10 Å². The Kier molecular flexibility index (Phi) is 4.25. The molecular weight excluding hydrogens is 348 g/mol. The molecule has 104 valence electrons. The van der Waals surface area contributed by atoms with Crippen LogP contribution in [-0.2, 0) is 0 Å². The molecule has 1 aromatic heterocycles. The fraction of sp³-hybridized carbons (Fsp3) is 0.154. The predicted octanol–water partition coefficient (Wildman–Crippen LogP) is 4.00. The fourth-order valence-corrected chi connectivity index (χ4v) is 2.34. The highest BCUT2D eigenvalue weighted by Gasteiger charge is 2.20. The molecule has 5 nitrogen and oxygen atoms in total. The number of aromatic nitrogens is 2. The van der Waals surface area contributed by atoms with E-state index in [1.165, 1.54) is 0 Å². The number of carboxylic acid groups (broad SMARTS) is 1. The molecule has 0 radical (unpaired) electrons. The Bertz CT molecular complexity index is 692. The number of benzene rings is 1. The summed E-state index contributed by atoms with van der Waals surface area (Å²) in [6.07, 6.45) is 0. The minimum absolute atomic E-state index is 0.000602. The zero-order valence-electron chi connectivity index (χ0n) is 10.6. The number of carboxylic acids is 1. The quantitative estimate of drug-likeness (QED) is 0.899. The molecule has 1 heterocycles. The van der Waals surface area contributed by atoms with Crippen molar-refractivity contribution in [1.29, 1.82) is 0 Å². The third-order valence-corrected chi connectivity index (χ3v) is 3.59. The maximum Gasteiger partial charge on any atom is 0.341 e. The number of rotatable bonds is 3. The van der Waals surface area contributed by atoms with E-state index >= 15 is 0 Å². The van der Waals surface area contributed by atoms with Gasteiger partial charge < -0.3 is 9.84 Å². The van der Waals surface area contributed by atoms with Crippen LogP contribution in [0.15, 0.2) is 22.7 Å². The zero-order valence-corrected chi connectivity index (χ0v) is 13.0. The lowest BCUT2D eigenvalue weighted by Gasteiger charge is -2.11. The van der Waals surface area contributed by atoms with Crippen molar-refractivity contribution in [3.8, 4) is 11.6 Å². The second-order valence-electron chi connectivity index (χ2n) is 4.07. The van der Waals surface area contributed by atoms with Crippen molar-refractivity contribution in [2.24, 2.45) is 0 Å².